The molecule has 0 amide bonds. The summed E-state index contributed by atoms with van der Waals surface area (Å²) >= 11 is 0. The lowest BCUT2D eigenvalue weighted by Crippen LogP contribution is -1.84. The van der Waals surface area contributed by atoms with Crippen molar-refractivity contribution in [2.24, 2.45) is 4.99 Å². The zero-order valence-electron chi connectivity index (χ0n) is 9.50. The summed E-state index contributed by atoms with van der Waals surface area (Å²) in [7, 11) is 1.64. The van der Waals surface area contributed by atoms with E-state index in [-0.39, 0.29) is 5.75 Å². The fraction of sp³-hybridized carbons (Fsp3) is 0.0714. The molecule has 0 spiro atoms. The molecule has 3 heteroatoms. The molecule has 0 bridgehead atoms. The molecular formula is C14H13NO2. The maximum atomic E-state index is 9.13. The van der Waals surface area contributed by atoms with E-state index in [1.807, 2.05) is 24.3 Å². The van der Waals surface area contributed by atoms with Crippen LogP contribution in [-0.2, 0) is 0 Å². The van der Waals surface area contributed by atoms with Crippen molar-refractivity contribution >= 4 is 11.9 Å². The SMILES string of the molecule is COc1ccc(/C=N/c2ccc(O)cc2)cc1. The van der Waals surface area contributed by atoms with Gasteiger partial charge >= 0.3 is 0 Å². The van der Waals surface area contributed by atoms with Crippen molar-refractivity contribution in [3.63, 3.8) is 0 Å². The van der Waals surface area contributed by atoms with Gasteiger partial charge in [0.05, 0.1) is 12.8 Å². The van der Waals surface area contributed by atoms with Crippen molar-refractivity contribution in [2.45, 2.75) is 0 Å². The molecule has 2 aromatic carbocycles. The van der Waals surface area contributed by atoms with E-state index in [4.69, 9.17) is 9.84 Å². The fourth-order valence-corrected chi connectivity index (χ4v) is 1.38. The summed E-state index contributed by atoms with van der Waals surface area (Å²) in [5, 5.41) is 9.13. The highest BCUT2D eigenvalue weighted by molar-refractivity contribution is 5.82. The molecule has 0 heterocycles. The summed E-state index contributed by atoms with van der Waals surface area (Å²) in [6.45, 7) is 0. The van der Waals surface area contributed by atoms with E-state index in [9.17, 15) is 0 Å². The lowest BCUT2D eigenvalue weighted by atomic mass is 10.2. The second-order valence-electron chi connectivity index (χ2n) is 3.55. The van der Waals surface area contributed by atoms with Gasteiger partial charge in [0.15, 0.2) is 0 Å². The van der Waals surface area contributed by atoms with Gasteiger partial charge < -0.3 is 9.84 Å². The van der Waals surface area contributed by atoms with Crippen LogP contribution >= 0.6 is 0 Å². The van der Waals surface area contributed by atoms with Crippen molar-refractivity contribution in [1.29, 1.82) is 0 Å². The molecule has 0 saturated heterocycles. The van der Waals surface area contributed by atoms with Gasteiger partial charge in [-0.2, -0.15) is 0 Å². The van der Waals surface area contributed by atoms with Crippen LogP contribution in [-0.4, -0.2) is 18.4 Å². The summed E-state index contributed by atoms with van der Waals surface area (Å²) in [6, 6.07) is 14.4. The number of hydrogen-bond donors (Lipinski definition) is 1. The number of ether oxygens (including phenoxy) is 1. The van der Waals surface area contributed by atoms with Crippen LogP contribution in [0.25, 0.3) is 0 Å². The highest BCUT2D eigenvalue weighted by atomic mass is 16.5. The predicted molar refractivity (Wildman–Crippen MR) is 68.4 cm³/mol. The van der Waals surface area contributed by atoms with Crippen LogP contribution in [0.1, 0.15) is 5.56 Å². The Morgan fingerprint density at radius 3 is 2.24 bits per heavy atom. The first-order chi connectivity index (χ1) is 8.28. The van der Waals surface area contributed by atoms with Crippen LogP contribution in [0.15, 0.2) is 53.5 Å². The third kappa shape index (κ3) is 3.08. The number of hydrogen-bond acceptors (Lipinski definition) is 3. The van der Waals surface area contributed by atoms with E-state index in [0.717, 1.165) is 17.0 Å². The first-order valence-electron chi connectivity index (χ1n) is 5.25. The second-order valence-corrected chi connectivity index (χ2v) is 3.55. The van der Waals surface area contributed by atoms with E-state index >= 15 is 0 Å². The molecule has 0 atom stereocenters. The minimum atomic E-state index is 0.244. The van der Waals surface area contributed by atoms with Crippen LogP contribution in [0.5, 0.6) is 11.5 Å². The monoisotopic (exact) mass is 227 g/mol. The summed E-state index contributed by atoms with van der Waals surface area (Å²) in [6.07, 6.45) is 1.77. The van der Waals surface area contributed by atoms with Crippen LogP contribution in [0.3, 0.4) is 0 Å². The van der Waals surface area contributed by atoms with Gasteiger partial charge in [0, 0.05) is 6.21 Å². The van der Waals surface area contributed by atoms with E-state index in [0.29, 0.717) is 0 Å². The Morgan fingerprint density at radius 2 is 1.65 bits per heavy atom. The molecule has 3 nitrogen and oxygen atoms in total. The largest absolute Gasteiger partial charge is 0.508 e. The minimum Gasteiger partial charge on any atom is -0.508 e. The van der Waals surface area contributed by atoms with Crippen LogP contribution in [0, 0.1) is 0 Å². The molecule has 0 aromatic heterocycles. The maximum Gasteiger partial charge on any atom is 0.118 e. The summed E-state index contributed by atoms with van der Waals surface area (Å²) in [5.74, 6) is 1.07. The number of rotatable bonds is 3. The quantitative estimate of drug-likeness (QED) is 0.818. The number of aliphatic imine (C=N–C) groups is 1. The van der Waals surface area contributed by atoms with Crippen molar-refractivity contribution < 1.29 is 9.84 Å². The third-order valence-corrected chi connectivity index (χ3v) is 2.33. The molecule has 0 fully saturated rings. The van der Waals surface area contributed by atoms with Crippen LogP contribution < -0.4 is 4.74 Å². The summed E-state index contributed by atoms with van der Waals surface area (Å²) < 4.78 is 5.07. The van der Waals surface area contributed by atoms with E-state index in [1.54, 1.807) is 37.6 Å². The van der Waals surface area contributed by atoms with Gasteiger partial charge in [-0.05, 0) is 54.1 Å². The Bertz CT molecular complexity index is 501. The normalized spacial score (nSPS) is 10.6. The molecule has 1 N–H and O–H groups in total. The lowest BCUT2D eigenvalue weighted by Gasteiger charge is -1.99. The number of methoxy groups -OCH3 is 1. The van der Waals surface area contributed by atoms with E-state index in [1.165, 1.54) is 0 Å². The molecule has 0 aliphatic rings. The number of phenolic OH excluding ortho intramolecular Hbond substituents is 1. The Morgan fingerprint density at radius 1 is 1.00 bits per heavy atom. The van der Waals surface area contributed by atoms with Gasteiger partial charge in [-0.1, -0.05) is 0 Å². The van der Waals surface area contributed by atoms with Crippen molar-refractivity contribution in [3.8, 4) is 11.5 Å². The molecule has 0 radical (unpaired) electrons. The number of phenols is 1. The third-order valence-electron chi connectivity index (χ3n) is 2.33. The van der Waals surface area contributed by atoms with Gasteiger partial charge in [-0.3, -0.25) is 4.99 Å². The second kappa shape index (κ2) is 5.16. The van der Waals surface area contributed by atoms with Gasteiger partial charge in [0.25, 0.3) is 0 Å². The summed E-state index contributed by atoms with van der Waals surface area (Å²) in [4.78, 5) is 4.30. The van der Waals surface area contributed by atoms with Crippen LogP contribution in [0.4, 0.5) is 5.69 Å². The summed E-state index contributed by atoms with van der Waals surface area (Å²) in [5.41, 5.74) is 1.80. The Balaban J connectivity index is 2.11. The molecule has 0 aliphatic carbocycles. The van der Waals surface area contributed by atoms with E-state index in [2.05, 4.69) is 4.99 Å². The highest BCUT2D eigenvalue weighted by Gasteiger charge is 1.92. The topological polar surface area (TPSA) is 41.8 Å². The van der Waals surface area contributed by atoms with Crippen molar-refractivity contribution in [3.05, 3.63) is 54.1 Å². The zero-order chi connectivity index (χ0) is 12.1. The molecule has 0 aliphatic heterocycles. The van der Waals surface area contributed by atoms with Gasteiger partial charge in [-0.25, -0.2) is 0 Å². The van der Waals surface area contributed by atoms with Gasteiger partial charge in [0.1, 0.15) is 11.5 Å². The number of benzene rings is 2. The van der Waals surface area contributed by atoms with E-state index < -0.39 is 0 Å². The first kappa shape index (κ1) is 11.2. The zero-order valence-corrected chi connectivity index (χ0v) is 9.50. The minimum absolute atomic E-state index is 0.244. The molecule has 2 aromatic rings. The first-order valence-corrected chi connectivity index (χ1v) is 5.25. The molecule has 2 rings (SSSR count). The number of nitrogens with zero attached hydrogens (tertiary/aromatic N) is 1. The molecule has 0 saturated carbocycles. The average molecular weight is 227 g/mol. The van der Waals surface area contributed by atoms with Gasteiger partial charge in [0.2, 0.25) is 0 Å². The smallest absolute Gasteiger partial charge is 0.118 e. The van der Waals surface area contributed by atoms with Crippen LogP contribution in [0.2, 0.25) is 0 Å². The highest BCUT2D eigenvalue weighted by Crippen LogP contribution is 2.17. The Labute approximate surface area is 100 Å². The Kier molecular flexibility index (Phi) is 3.40. The molecular weight excluding hydrogens is 214 g/mol. The van der Waals surface area contributed by atoms with Crippen molar-refractivity contribution in [1.82, 2.24) is 0 Å². The molecule has 86 valence electrons. The fourth-order valence-electron chi connectivity index (χ4n) is 1.38. The van der Waals surface area contributed by atoms with Gasteiger partial charge in [-0.15, -0.1) is 0 Å². The predicted octanol–water partition coefficient (Wildman–Crippen LogP) is 3.15. The lowest BCUT2D eigenvalue weighted by molar-refractivity contribution is 0.415. The standard InChI is InChI=1S/C14H13NO2/c1-17-14-8-2-11(3-9-14)10-15-12-4-6-13(16)7-5-12/h2-10,16H,1H3/b15-10+. The Hall–Kier alpha value is -2.29. The average Bonchev–Trinajstić information content (AvgIpc) is 2.39. The van der Waals surface area contributed by atoms with Crippen molar-refractivity contribution in [2.75, 3.05) is 7.11 Å². The number of aromatic hydroxyl groups is 1. The maximum absolute atomic E-state index is 9.13. The molecule has 17 heavy (non-hydrogen) atoms. The molecule has 0 unspecified atom stereocenters.